The summed E-state index contributed by atoms with van der Waals surface area (Å²) in [6.07, 6.45) is 0. The Morgan fingerprint density at radius 3 is 2.56 bits per heavy atom. The van der Waals surface area contributed by atoms with Crippen LogP contribution in [-0.4, -0.2) is 34.8 Å². The molecule has 1 N–H and O–H groups in total. The lowest BCUT2D eigenvalue weighted by atomic mass is 10.1. The standard InChI is InChI=1S/C21H17N5O6/c1-31-18-7-3-13(10-19(18)32-2)17-6-8-21(28)25(24-17)12-20(27)23-16-5-4-15(26(29)30)9-14(16)11-22/h3-10H,12H2,1-2H3,(H,23,27). The van der Waals surface area contributed by atoms with Gasteiger partial charge >= 0.3 is 0 Å². The molecule has 2 aromatic carbocycles. The van der Waals surface area contributed by atoms with Crippen molar-refractivity contribution in [3.05, 3.63) is 74.6 Å². The molecule has 0 saturated carbocycles. The second-order valence-corrected chi connectivity index (χ2v) is 6.43. The number of amides is 1. The summed E-state index contributed by atoms with van der Waals surface area (Å²) in [5, 5.41) is 26.8. The third-order valence-corrected chi connectivity index (χ3v) is 4.45. The van der Waals surface area contributed by atoms with E-state index >= 15 is 0 Å². The Labute approximate surface area is 181 Å². The first kappa shape index (κ1) is 22.0. The van der Waals surface area contributed by atoms with Gasteiger partial charge in [-0.25, -0.2) is 4.68 Å². The number of anilines is 1. The summed E-state index contributed by atoms with van der Waals surface area (Å²) in [5.74, 6) is 0.374. The van der Waals surface area contributed by atoms with E-state index in [-0.39, 0.29) is 16.9 Å². The Kier molecular flexibility index (Phi) is 6.45. The van der Waals surface area contributed by atoms with Gasteiger partial charge in [0.15, 0.2) is 11.5 Å². The van der Waals surface area contributed by atoms with Gasteiger partial charge in [0.1, 0.15) is 12.6 Å². The second kappa shape index (κ2) is 9.40. The number of carbonyl (C=O) groups is 1. The number of hydrogen-bond donors (Lipinski definition) is 1. The molecule has 0 atom stereocenters. The summed E-state index contributed by atoms with van der Waals surface area (Å²) >= 11 is 0. The number of aromatic nitrogens is 2. The first-order valence-corrected chi connectivity index (χ1v) is 9.15. The van der Waals surface area contributed by atoms with Crippen LogP contribution in [0.5, 0.6) is 11.5 Å². The van der Waals surface area contributed by atoms with Gasteiger partial charge in [0.05, 0.1) is 36.1 Å². The SMILES string of the molecule is COc1ccc(-c2ccc(=O)n(CC(=O)Nc3ccc([N+](=O)[O-])cc3C#N)n2)cc1OC. The number of methoxy groups -OCH3 is 2. The van der Waals surface area contributed by atoms with Gasteiger partial charge in [0, 0.05) is 23.8 Å². The van der Waals surface area contributed by atoms with Crippen molar-refractivity contribution in [1.82, 2.24) is 9.78 Å². The fourth-order valence-corrected chi connectivity index (χ4v) is 2.88. The maximum absolute atomic E-state index is 12.5. The molecule has 0 spiro atoms. The first-order valence-electron chi connectivity index (χ1n) is 9.15. The van der Waals surface area contributed by atoms with Gasteiger partial charge < -0.3 is 14.8 Å². The third-order valence-electron chi connectivity index (χ3n) is 4.45. The number of nitro groups is 1. The summed E-state index contributed by atoms with van der Waals surface area (Å²) in [6.45, 7) is -0.429. The van der Waals surface area contributed by atoms with Crippen LogP contribution in [0.2, 0.25) is 0 Å². The number of hydrogen-bond acceptors (Lipinski definition) is 8. The minimum Gasteiger partial charge on any atom is -0.493 e. The van der Waals surface area contributed by atoms with Crippen LogP contribution in [0.4, 0.5) is 11.4 Å². The smallest absolute Gasteiger partial charge is 0.270 e. The van der Waals surface area contributed by atoms with Gasteiger partial charge in [-0.15, -0.1) is 0 Å². The van der Waals surface area contributed by atoms with Gasteiger partial charge in [-0.2, -0.15) is 10.4 Å². The highest BCUT2D eigenvalue weighted by Gasteiger charge is 2.15. The Balaban J connectivity index is 1.84. The van der Waals surface area contributed by atoms with Gasteiger partial charge in [-0.3, -0.25) is 19.7 Å². The lowest BCUT2D eigenvalue weighted by molar-refractivity contribution is -0.384. The van der Waals surface area contributed by atoms with E-state index in [2.05, 4.69) is 10.4 Å². The fraction of sp³-hybridized carbons (Fsp3) is 0.143. The van der Waals surface area contributed by atoms with Crippen LogP contribution in [0, 0.1) is 21.4 Å². The van der Waals surface area contributed by atoms with Crippen molar-refractivity contribution in [2.24, 2.45) is 0 Å². The molecule has 162 valence electrons. The molecule has 0 aliphatic carbocycles. The molecule has 0 saturated heterocycles. The molecule has 1 aromatic heterocycles. The zero-order valence-corrected chi connectivity index (χ0v) is 17.1. The summed E-state index contributed by atoms with van der Waals surface area (Å²) < 4.78 is 11.5. The van der Waals surface area contributed by atoms with Crippen LogP contribution in [0.1, 0.15) is 5.56 Å². The van der Waals surface area contributed by atoms with Crippen LogP contribution in [0.15, 0.2) is 53.3 Å². The molecule has 1 heterocycles. The number of nitrogens with one attached hydrogen (secondary N) is 1. The molecule has 3 aromatic rings. The van der Waals surface area contributed by atoms with Crippen molar-refractivity contribution in [1.29, 1.82) is 5.26 Å². The molecule has 0 fully saturated rings. The average molecular weight is 435 g/mol. The minimum absolute atomic E-state index is 0.0769. The largest absolute Gasteiger partial charge is 0.493 e. The van der Waals surface area contributed by atoms with E-state index in [9.17, 15) is 25.0 Å². The molecule has 3 rings (SSSR count). The predicted molar refractivity (Wildman–Crippen MR) is 113 cm³/mol. The Morgan fingerprint density at radius 2 is 1.91 bits per heavy atom. The quantitative estimate of drug-likeness (QED) is 0.439. The van der Waals surface area contributed by atoms with E-state index in [1.807, 2.05) is 0 Å². The Bertz CT molecular complexity index is 1290. The van der Waals surface area contributed by atoms with Crippen LogP contribution in [-0.2, 0) is 11.3 Å². The lowest BCUT2D eigenvalue weighted by Crippen LogP contribution is -2.29. The molecular formula is C21H17N5O6. The van der Waals surface area contributed by atoms with E-state index in [1.165, 1.54) is 38.5 Å². The van der Waals surface area contributed by atoms with E-state index in [0.717, 1.165) is 10.7 Å². The van der Waals surface area contributed by atoms with Crippen molar-refractivity contribution >= 4 is 17.3 Å². The predicted octanol–water partition coefficient (Wildman–Crippen LogP) is 2.35. The molecule has 11 nitrogen and oxygen atoms in total. The van der Waals surface area contributed by atoms with Gasteiger partial charge in [0.2, 0.25) is 5.91 Å². The summed E-state index contributed by atoms with van der Waals surface area (Å²) in [5.41, 5.74) is 0.290. The Morgan fingerprint density at radius 1 is 1.16 bits per heavy atom. The molecule has 0 aliphatic rings. The van der Waals surface area contributed by atoms with Gasteiger partial charge in [0.25, 0.3) is 11.2 Å². The first-order chi connectivity index (χ1) is 15.4. The van der Waals surface area contributed by atoms with Crippen LogP contribution < -0.4 is 20.3 Å². The molecule has 1 amide bonds. The number of ether oxygens (including phenoxy) is 2. The number of nitriles is 1. The fourth-order valence-electron chi connectivity index (χ4n) is 2.88. The highest BCUT2D eigenvalue weighted by atomic mass is 16.6. The van der Waals surface area contributed by atoms with E-state index in [0.29, 0.717) is 22.8 Å². The van der Waals surface area contributed by atoms with Gasteiger partial charge in [-0.1, -0.05) is 0 Å². The van der Waals surface area contributed by atoms with Crippen molar-refractivity contribution in [3.8, 4) is 28.8 Å². The lowest BCUT2D eigenvalue weighted by Gasteiger charge is -2.11. The normalized spacial score (nSPS) is 10.2. The van der Waals surface area contributed by atoms with Crippen molar-refractivity contribution in [2.75, 3.05) is 19.5 Å². The van der Waals surface area contributed by atoms with E-state index in [1.54, 1.807) is 24.3 Å². The molecule has 0 aliphatic heterocycles. The van der Waals surface area contributed by atoms with Crippen LogP contribution in [0.3, 0.4) is 0 Å². The van der Waals surface area contributed by atoms with Crippen molar-refractivity contribution in [3.63, 3.8) is 0 Å². The summed E-state index contributed by atoms with van der Waals surface area (Å²) in [7, 11) is 3.01. The molecular weight excluding hydrogens is 418 g/mol. The minimum atomic E-state index is -0.643. The maximum atomic E-state index is 12.5. The van der Waals surface area contributed by atoms with E-state index in [4.69, 9.17) is 9.47 Å². The molecule has 0 unspecified atom stereocenters. The average Bonchev–Trinajstić information content (AvgIpc) is 2.80. The zero-order valence-electron chi connectivity index (χ0n) is 17.1. The number of nitrogens with zero attached hydrogens (tertiary/aromatic N) is 4. The highest BCUT2D eigenvalue weighted by Crippen LogP contribution is 2.31. The molecule has 0 bridgehead atoms. The van der Waals surface area contributed by atoms with E-state index < -0.39 is 22.9 Å². The van der Waals surface area contributed by atoms with Gasteiger partial charge in [-0.05, 0) is 30.3 Å². The molecule has 32 heavy (non-hydrogen) atoms. The number of benzene rings is 2. The Hall–Kier alpha value is -4.72. The highest BCUT2D eigenvalue weighted by molar-refractivity contribution is 5.92. The van der Waals surface area contributed by atoms with Crippen molar-refractivity contribution < 1.29 is 19.2 Å². The monoisotopic (exact) mass is 435 g/mol. The topological polar surface area (TPSA) is 149 Å². The van der Waals surface area contributed by atoms with Crippen molar-refractivity contribution in [2.45, 2.75) is 6.54 Å². The number of nitro benzene ring substituents is 1. The second-order valence-electron chi connectivity index (χ2n) is 6.43. The zero-order chi connectivity index (χ0) is 23.3. The molecule has 0 radical (unpaired) electrons. The number of carbonyl (C=O) groups excluding carboxylic acids is 1. The number of non-ortho nitro benzene ring substituents is 1. The summed E-state index contributed by atoms with van der Waals surface area (Å²) in [4.78, 5) is 34.9. The maximum Gasteiger partial charge on any atom is 0.270 e. The van der Waals surface area contributed by atoms with Crippen LogP contribution >= 0.6 is 0 Å². The number of rotatable bonds is 7. The summed E-state index contributed by atoms with van der Waals surface area (Å²) in [6, 6.07) is 13.2. The molecule has 11 heteroatoms. The van der Waals surface area contributed by atoms with Crippen LogP contribution in [0.25, 0.3) is 11.3 Å². The third kappa shape index (κ3) is 4.71.